The molecule has 0 spiro atoms. The summed E-state index contributed by atoms with van der Waals surface area (Å²) in [4.78, 5) is 14.1. The highest BCUT2D eigenvalue weighted by molar-refractivity contribution is 5.95. The number of benzene rings is 1. The highest BCUT2D eigenvalue weighted by Crippen LogP contribution is 2.18. The van der Waals surface area contributed by atoms with Gasteiger partial charge in [0.15, 0.2) is 0 Å². The Kier molecular flexibility index (Phi) is 4.39. The monoisotopic (exact) mass is 264 g/mol. The molecule has 0 aliphatic carbocycles. The molecule has 1 unspecified atom stereocenters. The van der Waals surface area contributed by atoms with E-state index in [9.17, 15) is 4.79 Å². The summed E-state index contributed by atoms with van der Waals surface area (Å²) in [6.07, 6.45) is -0.268. The van der Waals surface area contributed by atoms with Gasteiger partial charge in [0.2, 0.25) is 0 Å². The van der Waals surface area contributed by atoms with Crippen molar-refractivity contribution in [2.24, 2.45) is 0 Å². The summed E-state index contributed by atoms with van der Waals surface area (Å²) in [5.74, 6) is -0.00694. The standard InChI is InChI=1S/C14H20N2O3/c1-10-7-11(3-4-13(10)15-2)14(18)16-5-6-19-12(8-16)9-17/h3-4,7,12,15,17H,5-6,8-9H2,1-2H3. The SMILES string of the molecule is CNc1ccc(C(=O)N2CCOC(CO)C2)cc1C. The number of aliphatic hydroxyl groups excluding tert-OH is 1. The summed E-state index contributed by atoms with van der Waals surface area (Å²) in [7, 11) is 1.86. The summed E-state index contributed by atoms with van der Waals surface area (Å²) in [5, 5.41) is 12.2. The fraction of sp³-hybridized carbons (Fsp3) is 0.500. The van der Waals surface area contributed by atoms with Gasteiger partial charge in [-0.1, -0.05) is 0 Å². The van der Waals surface area contributed by atoms with E-state index in [0.29, 0.717) is 25.3 Å². The Labute approximate surface area is 113 Å². The van der Waals surface area contributed by atoms with Crippen molar-refractivity contribution in [2.45, 2.75) is 13.0 Å². The number of anilines is 1. The fourth-order valence-corrected chi connectivity index (χ4v) is 2.27. The molecule has 1 aliphatic heterocycles. The molecule has 1 aromatic rings. The number of amides is 1. The van der Waals surface area contributed by atoms with Gasteiger partial charge in [-0.3, -0.25) is 4.79 Å². The molecule has 1 fully saturated rings. The molecule has 104 valence electrons. The molecule has 1 aromatic carbocycles. The minimum Gasteiger partial charge on any atom is -0.394 e. The van der Waals surface area contributed by atoms with Crippen LogP contribution in [0.3, 0.4) is 0 Å². The van der Waals surface area contributed by atoms with Crippen molar-refractivity contribution in [3.05, 3.63) is 29.3 Å². The van der Waals surface area contributed by atoms with Crippen LogP contribution < -0.4 is 5.32 Å². The van der Waals surface area contributed by atoms with Gasteiger partial charge in [0, 0.05) is 31.4 Å². The van der Waals surface area contributed by atoms with E-state index in [-0.39, 0.29) is 18.6 Å². The number of hydrogen-bond donors (Lipinski definition) is 2. The number of morpholine rings is 1. The Balaban J connectivity index is 2.12. The van der Waals surface area contributed by atoms with E-state index in [0.717, 1.165) is 11.3 Å². The van der Waals surface area contributed by atoms with Gasteiger partial charge < -0.3 is 20.1 Å². The van der Waals surface area contributed by atoms with Crippen LogP contribution in [-0.2, 0) is 4.74 Å². The van der Waals surface area contributed by atoms with Gasteiger partial charge in [-0.05, 0) is 30.7 Å². The summed E-state index contributed by atoms with van der Waals surface area (Å²) in [5.41, 5.74) is 2.74. The number of nitrogens with one attached hydrogen (secondary N) is 1. The van der Waals surface area contributed by atoms with Crippen LogP contribution in [0, 0.1) is 6.92 Å². The van der Waals surface area contributed by atoms with Gasteiger partial charge in [-0.15, -0.1) is 0 Å². The lowest BCUT2D eigenvalue weighted by Gasteiger charge is -2.32. The van der Waals surface area contributed by atoms with Crippen molar-refractivity contribution in [1.29, 1.82) is 0 Å². The Morgan fingerprint density at radius 2 is 2.37 bits per heavy atom. The van der Waals surface area contributed by atoms with Crippen molar-refractivity contribution in [2.75, 3.05) is 38.7 Å². The number of carbonyl (C=O) groups excluding carboxylic acids is 1. The lowest BCUT2D eigenvalue weighted by atomic mass is 10.1. The lowest BCUT2D eigenvalue weighted by Crippen LogP contribution is -2.46. The van der Waals surface area contributed by atoms with Gasteiger partial charge in [0.05, 0.1) is 19.3 Å². The first-order chi connectivity index (χ1) is 9.15. The molecule has 1 saturated heterocycles. The Hall–Kier alpha value is -1.59. The molecule has 0 bridgehead atoms. The molecule has 2 rings (SSSR count). The fourth-order valence-electron chi connectivity index (χ4n) is 2.27. The maximum atomic E-state index is 12.4. The summed E-state index contributed by atoms with van der Waals surface area (Å²) in [6.45, 7) is 3.41. The van der Waals surface area contributed by atoms with E-state index in [1.807, 2.05) is 32.2 Å². The van der Waals surface area contributed by atoms with Crippen LogP contribution in [0.5, 0.6) is 0 Å². The molecule has 5 heteroatoms. The van der Waals surface area contributed by atoms with Crippen molar-refractivity contribution in [1.82, 2.24) is 4.90 Å². The quantitative estimate of drug-likeness (QED) is 0.850. The molecular weight excluding hydrogens is 244 g/mol. The minimum absolute atomic E-state index is 0.00694. The highest BCUT2D eigenvalue weighted by atomic mass is 16.5. The Morgan fingerprint density at radius 3 is 3.00 bits per heavy atom. The number of aliphatic hydroxyl groups is 1. The van der Waals surface area contributed by atoms with E-state index >= 15 is 0 Å². The largest absolute Gasteiger partial charge is 0.394 e. The van der Waals surface area contributed by atoms with Crippen LogP contribution in [0.1, 0.15) is 15.9 Å². The molecule has 1 atom stereocenters. The van der Waals surface area contributed by atoms with E-state index in [1.54, 1.807) is 4.90 Å². The molecule has 1 aliphatic rings. The third-order valence-corrected chi connectivity index (χ3v) is 3.37. The smallest absolute Gasteiger partial charge is 0.254 e. The lowest BCUT2D eigenvalue weighted by molar-refractivity contribution is -0.0447. The summed E-state index contributed by atoms with van der Waals surface area (Å²) >= 11 is 0. The van der Waals surface area contributed by atoms with Crippen molar-refractivity contribution < 1.29 is 14.6 Å². The molecule has 1 amide bonds. The average Bonchev–Trinajstić information content (AvgIpc) is 2.46. The topological polar surface area (TPSA) is 61.8 Å². The van der Waals surface area contributed by atoms with Crippen LogP contribution in [0.4, 0.5) is 5.69 Å². The van der Waals surface area contributed by atoms with Gasteiger partial charge in [-0.25, -0.2) is 0 Å². The number of nitrogens with zero attached hydrogens (tertiary/aromatic N) is 1. The van der Waals surface area contributed by atoms with Gasteiger partial charge in [0.25, 0.3) is 5.91 Å². The van der Waals surface area contributed by atoms with Crippen molar-refractivity contribution in [3.8, 4) is 0 Å². The molecule has 0 saturated carbocycles. The number of rotatable bonds is 3. The van der Waals surface area contributed by atoms with Crippen LogP contribution in [0.2, 0.25) is 0 Å². The first-order valence-electron chi connectivity index (χ1n) is 6.46. The second-order valence-corrected chi connectivity index (χ2v) is 4.71. The molecule has 19 heavy (non-hydrogen) atoms. The second-order valence-electron chi connectivity index (χ2n) is 4.71. The summed E-state index contributed by atoms with van der Waals surface area (Å²) < 4.78 is 5.35. The maximum absolute atomic E-state index is 12.4. The Morgan fingerprint density at radius 1 is 1.58 bits per heavy atom. The summed E-state index contributed by atoms with van der Waals surface area (Å²) in [6, 6.07) is 5.62. The van der Waals surface area contributed by atoms with E-state index in [2.05, 4.69) is 5.32 Å². The van der Waals surface area contributed by atoms with Crippen molar-refractivity contribution in [3.63, 3.8) is 0 Å². The Bertz CT molecular complexity index is 462. The first-order valence-corrected chi connectivity index (χ1v) is 6.46. The zero-order chi connectivity index (χ0) is 13.8. The maximum Gasteiger partial charge on any atom is 0.254 e. The van der Waals surface area contributed by atoms with Crippen LogP contribution in [-0.4, -0.2) is 55.4 Å². The number of carbonyl (C=O) groups is 1. The molecule has 1 heterocycles. The molecule has 0 radical (unpaired) electrons. The van der Waals surface area contributed by atoms with Gasteiger partial charge >= 0.3 is 0 Å². The normalized spacial score (nSPS) is 19.3. The van der Waals surface area contributed by atoms with Crippen LogP contribution in [0.25, 0.3) is 0 Å². The molecular formula is C14H20N2O3. The molecule has 2 N–H and O–H groups in total. The van der Waals surface area contributed by atoms with Crippen molar-refractivity contribution >= 4 is 11.6 Å². The zero-order valence-corrected chi connectivity index (χ0v) is 11.3. The highest BCUT2D eigenvalue weighted by Gasteiger charge is 2.24. The first kappa shape index (κ1) is 13.8. The van der Waals surface area contributed by atoms with Gasteiger partial charge in [-0.2, -0.15) is 0 Å². The third kappa shape index (κ3) is 3.05. The van der Waals surface area contributed by atoms with E-state index < -0.39 is 0 Å². The molecule has 0 aromatic heterocycles. The predicted molar refractivity (Wildman–Crippen MR) is 73.5 cm³/mol. The van der Waals surface area contributed by atoms with Gasteiger partial charge in [0.1, 0.15) is 0 Å². The van der Waals surface area contributed by atoms with E-state index in [4.69, 9.17) is 9.84 Å². The number of ether oxygens (including phenoxy) is 1. The molecule has 5 nitrogen and oxygen atoms in total. The van der Waals surface area contributed by atoms with E-state index in [1.165, 1.54) is 0 Å². The zero-order valence-electron chi connectivity index (χ0n) is 11.3. The third-order valence-electron chi connectivity index (χ3n) is 3.37. The minimum atomic E-state index is -0.268. The average molecular weight is 264 g/mol. The number of hydrogen-bond acceptors (Lipinski definition) is 4. The second kappa shape index (κ2) is 6.04. The van der Waals surface area contributed by atoms with Crippen LogP contribution in [0.15, 0.2) is 18.2 Å². The number of aryl methyl sites for hydroxylation is 1. The van der Waals surface area contributed by atoms with Crippen LogP contribution >= 0.6 is 0 Å². The predicted octanol–water partition coefficient (Wildman–Crippen LogP) is 0.870.